The van der Waals surface area contributed by atoms with E-state index in [-0.39, 0.29) is 12.1 Å². The zero-order valence-electron chi connectivity index (χ0n) is 12.7. The Morgan fingerprint density at radius 3 is 2.70 bits per heavy atom. The molecule has 0 aromatic carbocycles. The van der Waals surface area contributed by atoms with Gasteiger partial charge in [-0.15, -0.1) is 11.3 Å². The zero-order valence-corrected chi connectivity index (χ0v) is 13.6. The molecule has 2 rings (SSSR count). The maximum Gasteiger partial charge on any atom is 0.341 e. The third kappa shape index (κ3) is 3.57. The number of rotatable bonds is 5. The smallest absolute Gasteiger partial charge is 0.341 e. The summed E-state index contributed by atoms with van der Waals surface area (Å²) in [6.07, 6.45) is 2.60. The van der Waals surface area contributed by atoms with Crippen LogP contribution in [-0.4, -0.2) is 39.8 Å². The van der Waals surface area contributed by atoms with Crippen LogP contribution >= 0.6 is 11.3 Å². The SMILES string of the molecule is COC(=O)c1c(NC(=O)c2cnn(CC(=O)O)c2)sc(C)c1C. The molecule has 0 saturated heterocycles. The number of hydrogen-bond donors (Lipinski definition) is 2. The number of thiophene rings is 1. The molecule has 0 aliphatic rings. The number of carboxylic acid groups (broad SMARTS) is 1. The van der Waals surface area contributed by atoms with E-state index in [0.29, 0.717) is 10.6 Å². The molecule has 8 nitrogen and oxygen atoms in total. The summed E-state index contributed by atoms with van der Waals surface area (Å²) < 4.78 is 5.88. The minimum atomic E-state index is -1.06. The number of aliphatic carboxylic acids is 1. The van der Waals surface area contributed by atoms with E-state index in [1.54, 1.807) is 6.92 Å². The largest absolute Gasteiger partial charge is 0.480 e. The monoisotopic (exact) mass is 337 g/mol. The third-order valence-corrected chi connectivity index (χ3v) is 4.32. The van der Waals surface area contributed by atoms with Crippen molar-refractivity contribution in [1.29, 1.82) is 0 Å². The van der Waals surface area contributed by atoms with Gasteiger partial charge in [-0.25, -0.2) is 4.79 Å². The molecule has 122 valence electrons. The highest BCUT2D eigenvalue weighted by Crippen LogP contribution is 2.33. The lowest BCUT2D eigenvalue weighted by atomic mass is 10.1. The standard InChI is InChI=1S/C14H15N3O5S/c1-7-8(2)23-13(11(7)14(21)22-3)16-12(20)9-4-15-17(5-9)6-10(18)19/h4-5H,6H2,1-3H3,(H,16,20)(H,18,19). The third-order valence-electron chi connectivity index (χ3n) is 3.19. The summed E-state index contributed by atoms with van der Waals surface area (Å²) in [4.78, 5) is 35.6. The fourth-order valence-electron chi connectivity index (χ4n) is 1.94. The fourth-order valence-corrected chi connectivity index (χ4v) is 2.99. The number of anilines is 1. The van der Waals surface area contributed by atoms with Crippen molar-refractivity contribution in [2.75, 3.05) is 12.4 Å². The molecule has 2 aromatic rings. The lowest BCUT2D eigenvalue weighted by Crippen LogP contribution is -2.14. The van der Waals surface area contributed by atoms with Gasteiger partial charge in [0, 0.05) is 11.1 Å². The number of nitrogens with zero attached hydrogens (tertiary/aromatic N) is 2. The summed E-state index contributed by atoms with van der Waals surface area (Å²) in [5, 5.41) is 15.5. The molecule has 23 heavy (non-hydrogen) atoms. The maximum absolute atomic E-state index is 12.2. The molecule has 1 amide bonds. The molecular weight excluding hydrogens is 322 g/mol. The molecule has 9 heteroatoms. The summed E-state index contributed by atoms with van der Waals surface area (Å²) in [6.45, 7) is 3.28. The molecule has 0 saturated carbocycles. The number of aromatic nitrogens is 2. The number of amides is 1. The molecule has 0 aliphatic heterocycles. The average molecular weight is 337 g/mol. The Hall–Kier alpha value is -2.68. The predicted molar refractivity (Wildman–Crippen MR) is 82.9 cm³/mol. The van der Waals surface area contributed by atoms with Gasteiger partial charge in [0.2, 0.25) is 0 Å². The molecule has 0 atom stereocenters. The molecule has 0 aliphatic carbocycles. The van der Waals surface area contributed by atoms with Crippen molar-refractivity contribution >= 4 is 34.2 Å². The number of nitrogens with one attached hydrogen (secondary N) is 1. The highest BCUT2D eigenvalue weighted by Gasteiger charge is 2.22. The van der Waals surface area contributed by atoms with Crippen molar-refractivity contribution in [2.24, 2.45) is 0 Å². The van der Waals surface area contributed by atoms with Gasteiger partial charge in [-0.05, 0) is 19.4 Å². The number of methoxy groups -OCH3 is 1. The Kier molecular flexibility index (Phi) is 4.80. The minimum absolute atomic E-state index is 0.200. The normalized spacial score (nSPS) is 10.4. The lowest BCUT2D eigenvalue weighted by molar-refractivity contribution is -0.137. The van der Waals surface area contributed by atoms with Crippen molar-refractivity contribution in [3.05, 3.63) is 34.0 Å². The van der Waals surface area contributed by atoms with E-state index < -0.39 is 17.8 Å². The predicted octanol–water partition coefficient (Wildman–Crippen LogP) is 1.68. The number of aryl methyl sites for hydroxylation is 1. The van der Waals surface area contributed by atoms with Gasteiger partial charge in [0.05, 0.1) is 24.4 Å². The first-order valence-electron chi connectivity index (χ1n) is 6.57. The molecule has 0 unspecified atom stereocenters. The van der Waals surface area contributed by atoms with Crippen LogP contribution in [-0.2, 0) is 16.1 Å². The van der Waals surface area contributed by atoms with Crippen LogP contribution < -0.4 is 5.32 Å². The van der Waals surface area contributed by atoms with E-state index in [4.69, 9.17) is 9.84 Å². The van der Waals surface area contributed by atoms with Crippen LogP contribution in [0.1, 0.15) is 31.2 Å². The van der Waals surface area contributed by atoms with Crippen molar-refractivity contribution in [1.82, 2.24) is 9.78 Å². The van der Waals surface area contributed by atoms with Crippen molar-refractivity contribution in [3.8, 4) is 0 Å². The molecule has 0 fully saturated rings. The highest BCUT2D eigenvalue weighted by molar-refractivity contribution is 7.16. The van der Waals surface area contributed by atoms with Crippen LogP contribution in [0.4, 0.5) is 5.00 Å². The molecule has 0 spiro atoms. The molecule has 2 N–H and O–H groups in total. The first-order valence-corrected chi connectivity index (χ1v) is 7.39. The summed E-state index contributed by atoms with van der Waals surface area (Å²) in [5.41, 5.74) is 1.27. The Balaban J connectivity index is 2.23. The zero-order chi connectivity index (χ0) is 17.1. The van der Waals surface area contributed by atoms with Crippen LogP contribution in [0.5, 0.6) is 0 Å². The van der Waals surface area contributed by atoms with Gasteiger partial charge in [0.1, 0.15) is 11.5 Å². The second-order valence-corrected chi connectivity index (χ2v) is 5.98. The number of ether oxygens (including phenoxy) is 1. The Bertz CT molecular complexity index is 777. The van der Waals surface area contributed by atoms with Crippen molar-refractivity contribution in [3.63, 3.8) is 0 Å². The molecule has 0 bridgehead atoms. The topological polar surface area (TPSA) is 111 Å². The Morgan fingerprint density at radius 1 is 1.39 bits per heavy atom. The van der Waals surface area contributed by atoms with E-state index in [9.17, 15) is 14.4 Å². The Morgan fingerprint density at radius 2 is 2.09 bits per heavy atom. The van der Waals surface area contributed by atoms with E-state index in [0.717, 1.165) is 15.1 Å². The first kappa shape index (κ1) is 16.7. The first-order chi connectivity index (χ1) is 10.8. The van der Waals surface area contributed by atoms with Crippen LogP contribution in [0.2, 0.25) is 0 Å². The maximum atomic E-state index is 12.2. The van der Waals surface area contributed by atoms with Gasteiger partial charge < -0.3 is 15.2 Å². The average Bonchev–Trinajstić information content (AvgIpc) is 3.04. The number of carbonyl (C=O) groups excluding carboxylic acids is 2. The van der Waals surface area contributed by atoms with Crippen LogP contribution in [0.25, 0.3) is 0 Å². The summed E-state index contributed by atoms with van der Waals surface area (Å²) in [5.74, 6) is -2.06. The lowest BCUT2D eigenvalue weighted by Gasteiger charge is -2.04. The van der Waals surface area contributed by atoms with Gasteiger partial charge in [-0.1, -0.05) is 0 Å². The molecule has 2 heterocycles. The van der Waals surface area contributed by atoms with Crippen molar-refractivity contribution < 1.29 is 24.2 Å². The molecule has 0 radical (unpaired) electrons. The van der Waals surface area contributed by atoms with E-state index >= 15 is 0 Å². The van der Waals surface area contributed by atoms with Gasteiger partial charge in [-0.2, -0.15) is 5.10 Å². The van der Waals surface area contributed by atoms with E-state index in [2.05, 4.69) is 10.4 Å². The fraction of sp³-hybridized carbons (Fsp3) is 0.286. The van der Waals surface area contributed by atoms with E-state index in [1.807, 2.05) is 6.92 Å². The van der Waals surface area contributed by atoms with Crippen LogP contribution in [0.3, 0.4) is 0 Å². The van der Waals surface area contributed by atoms with Crippen LogP contribution in [0.15, 0.2) is 12.4 Å². The summed E-state index contributed by atoms with van der Waals surface area (Å²) in [6, 6.07) is 0. The van der Waals surface area contributed by atoms with Crippen LogP contribution in [0, 0.1) is 13.8 Å². The van der Waals surface area contributed by atoms with Gasteiger partial charge in [0.25, 0.3) is 5.91 Å². The molecule has 2 aromatic heterocycles. The van der Waals surface area contributed by atoms with Gasteiger partial charge >= 0.3 is 11.9 Å². The number of esters is 1. The van der Waals surface area contributed by atoms with Gasteiger partial charge in [-0.3, -0.25) is 14.3 Å². The highest BCUT2D eigenvalue weighted by atomic mass is 32.1. The van der Waals surface area contributed by atoms with Crippen molar-refractivity contribution in [2.45, 2.75) is 20.4 Å². The summed E-state index contributed by atoms with van der Waals surface area (Å²) >= 11 is 1.27. The molecular formula is C14H15N3O5S. The van der Waals surface area contributed by atoms with Gasteiger partial charge in [0.15, 0.2) is 0 Å². The summed E-state index contributed by atoms with van der Waals surface area (Å²) in [7, 11) is 1.27. The number of carboxylic acids is 1. The minimum Gasteiger partial charge on any atom is -0.480 e. The Labute approximate surface area is 135 Å². The number of carbonyl (C=O) groups is 3. The van der Waals surface area contributed by atoms with E-state index in [1.165, 1.54) is 30.8 Å². The quantitative estimate of drug-likeness (QED) is 0.803. The number of hydrogen-bond acceptors (Lipinski definition) is 6. The second kappa shape index (κ2) is 6.61. The second-order valence-electron chi connectivity index (χ2n) is 4.75.